The van der Waals surface area contributed by atoms with Crippen LogP contribution in [0.15, 0.2) is 30.5 Å². The molecule has 1 aliphatic heterocycles. The van der Waals surface area contributed by atoms with Crippen LogP contribution in [0.25, 0.3) is 0 Å². The first kappa shape index (κ1) is 21.9. The number of anilines is 3. The van der Waals surface area contributed by atoms with Crippen LogP contribution in [0.5, 0.6) is 5.88 Å². The van der Waals surface area contributed by atoms with Gasteiger partial charge in [-0.2, -0.15) is 4.98 Å². The van der Waals surface area contributed by atoms with Gasteiger partial charge in [-0.3, -0.25) is 0 Å². The fraction of sp³-hybridized carbons (Fsp3) is 0.600. The van der Waals surface area contributed by atoms with Crippen LogP contribution >= 0.6 is 0 Å². The van der Waals surface area contributed by atoms with Crippen molar-refractivity contribution in [3.8, 4) is 5.88 Å². The van der Waals surface area contributed by atoms with Crippen LogP contribution in [-0.4, -0.2) is 41.9 Å². The molecule has 1 aromatic heterocycles. The summed E-state index contributed by atoms with van der Waals surface area (Å²) in [6.45, 7) is 11.2. The molecule has 6 heteroatoms. The highest BCUT2D eigenvalue weighted by Crippen LogP contribution is 2.29. The van der Waals surface area contributed by atoms with E-state index in [4.69, 9.17) is 9.47 Å². The van der Waals surface area contributed by atoms with Crippen LogP contribution in [0, 0.1) is 18.8 Å². The van der Waals surface area contributed by atoms with Crippen LogP contribution in [0.2, 0.25) is 0 Å². The summed E-state index contributed by atoms with van der Waals surface area (Å²) in [5.41, 5.74) is 3.15. The van der Waals surface area contributed by atoms with Gasteiger partial charge in [-0.15, -0.1) is 0 Å². The summed E-state index contributed by atoms with van der Waals surface area (Å²) in [5.74, 6) is 2.75. The van der Waals surface area contributed by atoms with Crippen molar-refractivity contribution in [3.63, 3.8) is 0 Å². The lowest BCUT2D eigenvalue weighted by atomic mass is 9.83. The zero-order valence-electron chi connectivity index (χ0n) is 19.3. The number of hydrogen-bond acceptors (Lipinski definition) is 6. The summed E-state index contributed by atoms with van der Waals surface area (Å²) in [7, 11) is 0. The summed E-state index contributed by atoms with van der Waals surface area (Å²) < 4.78 is 11.9. The molecule has 2 atom stereocenters. The van der Waals surface area contributed by atoms with Crippen molar-refractivity contribution < 1.29 is 9.47 Å². The molecular weight excluding hydrogens is 388 g/mol. The van der Waals surface area contributed by atoms with Crippen molar-refractivity contribution in [2.45, 2.75) is 65.6 Å². The maximum absolute atomic E-state index is 6.10. The van der Waals surface area contributed by atoms with Gasteiger partial charge in [0.05, 0.1) is 18.8 Å². The van der Waals surface area contributed by atoms with Gasteiger partial charge in [-0.05, 0) is 69.7 Å². The minimum Gasteiger partial charge on any atom is -0.477 e. The van der Waals surface area contributed by atoms with Gasteiger partial charge in [-0.25, -0.2) is 4.98 Å². The molecule has 4 rings (SSSR count). The predicted molar refractivity (Wildman–Crippen MR) is 125 cm³/mol. The molecule has 1 aromatic carbocycles. The van der Waals surface area contributed by atoms with Gasteiger partial charge in [0, 0.05) is 36.2 Å². The van der Waals surface area contributed by atoms with Crippen LogP contribution in [0.1, 0.15) is 52.0 Å². The molecule has 1 N–H and O–H groups in total. The molecule has 2 aliphatic rings. The van der Waals surface area contributed by atoms with Gasteiger partial charge in [-0.1, -0.05) is 19.8 Å². The molecule has 0 spiro atoms. The van der Waals surface area contributed by atoms with Gasteiger partial charge in [0.1, 0.15) is 0 Å². The van der Waals surface area contributed by atoms with Gasteiger partial charge in [0.25, 0.3) is 0 Å². The Morgan fingerprint density at radius 3 is 2.39 bits per heavy atom. The molecular formula is C25H36N4O2. The molecule has 0 amide bonds. The number of rotatable bonds is 6. The molecule has 1 aliphatic carbocycles. The van der Waals surface area contributed by atoms with Crippen molar-refractivity contribution in [2.24, 2.45) is 11.8 Å². The number of ether oxygens (including phenoxy) is 2. The molecule has 1 saturated heterocycles. The third-order valence-electron chi connectivity index (χ3n) is 6.42. The molecule has 0 bridgehead atoms. The van der Waals surface area contributed by atoms with Crippen LogP contribution < -0.4 is 15.0 Å². The van der Waals surface area contributed by atoms with E-state index in [1.165, 1.54) is 31.4 Å². The maximum Gasteiger partial charge on any atom is 0.230 e. The van der Waals surface area contributed by atoms with Crippen molar-refractivity contribution in [1.29, 1.82) is 0 Å². The smallest absolute Gasteiger partial charge is 0.230 e. The summed E-state index contributed by atoms with van der Waals surface area (Å²) in [4.78, 5) is 11.4. The SMILES string of the molecule is Cc1cnc(Nc2ccc(N3C[C@@H](C)O[C@@H](C)C3)cc2)nc1OCC1CCC(C)CC1. The summed E-state index contributed by atoms with van der Waals surface area (Å²) in [5, 5.41) is 3.32. The Morgan fingerprint density at radius 2 is 1.71 bits per heavy atom. The minimum absolute atomic E-state index is 0.248. The average Bonchev–Trinajstić information content (AvgIpc) is 2.75. The monoisotopic (exact) mass is 424 g/mol. The topological polar surface area (TPSA) is 59.5 Å². The maximum atomic E-state index is 6.10. The van der Waals surface area contributed by atoms with Gasteiger partial charge >= 0.3 is 0 Å². The van der Waals surface area contributed by atoms with Crippen LogP contribution in [-0.2, 0) is 4.74 Å². The van der Waals surface area contributed by atoms with E-state index in [2.05, 4.69) is 65.2 Å². The first-order valence-corrected chi connectivity index (χ1v) is 11.7. The lowest BCUT2D eigenvalue weighted by Gasteiger charge is -2.36. The van der Waals surface area contributed by atoms with E-state index in [0.29, 0.717) is 17.7 Å². The standard InChI is InChI=1S/C25H36N4O2/c1-17-5-7-21(8-6-17)16-30-24-18(2)13-26-25(28-24)27-22-9-11-23(12-10-22)29-14-19(3)31-20(4)15-29/h9-13,17,19-21H,5-8,14-16H2,1-4H3,(H,26,27,28)/t17?,19-,20+,21?. The fourth-order valence-corrected chi connectivity index (χ4v) is 4.60. The average molecular weight is 425 g/mol. The molecule has 0 unspecified atom stereocenters. The van der Waals surface area contributed by atoms with Gasteiger partial charge in [0.15, 0.2) is 0 Å². The molecule has 168 valence electrons. The molecule has 2 heterocycles. The highest BCUT2D eigenvalue weighted by molar-refractivity contribution is 5.59. The summed E-state index contributed by atoms with van der Waals surface area (Å²) in [6.07, 6.45) is 7.45. The van der Waals surface area contributed by atoms with Gasteiger partial charge in [0.2, 0.25) is 11.8 Å². The Balaban J connectivity index is 1.36. The normalized spacial score (nSPS) is 26.5. The molecule has 6 nitrogen and oxygen atoms in total. The molecule has 0 radical (unpaired) electrons. The minimum atomic E-state index is 0.248. The van der Waals surface area contributed by atoms with E-state index < -0.39 is 0 Å². The third-order valence-corrected chi connectivity index (χ3v) is 6.42. The second-order valence-electron chi connectivity index (χ2n) is 9.45. The Kier molecular flexibility index (Phi) is 6.96. The molecule has 2 aromatic rings. The second-order valence-corrected chi connectivity index (χ2v) is 9.45. The van der Waals surface area contributed by atoms with Crippen molar-refractivity contribution in [2.75, 3.05) is 29.9 Å². The van der Waals surface area contributed by atoms with Gasteiger partial charge < -0.3 is 19.7 Å². The van der Waals surface area contributed by atoms with Crippen LogP contribution in [0.4, 0.5) is 17.3 Å². The quantitative estimate of drug-likeness (QED) is 0.675. The van der Waals surface area contributed by atoms with E-state index in [0.717, 1.165) is 36.9 Å². The highest BCUT2D eigenvalue weighted by Gasteiger charge is 2.22. The Hall–Kier alpha value is -2.34. The third kappa shape index (κ3) is 5.88. The van der Waals surface area contributed by atoms with E-state index in [1.807, 2.05) is 13.1 Å². The van der Waals surface area contributed by atoms with Crippen molar-refractivity contribution in [3.05, 3.63) is 36.0 Å². The van der Waals surface area contributed by atoms with E-state index in [9.17, 15) is 0 Å². The fourth-order valence-electron chi connectivity index (χ4n) is 4.60. The Morgan fingerprint density at radius 1 is 1.03 bits per heavy atom. The number of benzene rings is 1. The summed E-state index contributed by atoms with van der Waals surface area (Å²) in [6, 6.07) is 8.44. The van der Waals surface area contributed by atoms with Crippen LogP contribution in [0.3, 0.4) is 0 Å². The number of nitrogens with one attached hydrogen (secondary N) is 1. The lowest BCUT2D eigenvalue weighted by molar-refractivity contribution is -0.00521. The number of aryl methyl sites for hydroxylation is 1. The molecule has 31 heavy (non-hydrogen) atoms. The number of aromatic nitrogens is 2. The number of hydrogen-bond donors (Lipinski definition) is 1. The zero-order valence-corrected chi connectivity index (χ0v) is 19.3. The van der Waals surface area contributed by atoms with E-state index >= 15 is 0 Å². The number of nitrogens with zero attached hydrogens (tertiary/aromatic N) is 3. The number of morpholine rings is 1. The Bertz CT molecular complexity index is 839. The lowest BCUT2D eigenvalue weighted by Crippen LogP contribution is -2.45. The predicted octanol–water partition coefficient (Wildman–Crippen LogP) is 5.35. The second kappa shape index (κ2) is 9.86. The first-order valence-electron chi connectivity index (χ1n) is 11.7. The zero-order chi connectivity index (χ0) is 21.8. The Labute approximate surface area is 186 Å². The largest absolute Gasteiger partial charge is 0.477 e. The van der Waals surface area contributed by atoms with E-state index in [1.54, 1.807) is 0 Å². The van der Waals surface area contributed by atoms with Crippen molar-refractivity contribution >= 4 is 17.3 Å². The first-order chi connectivity index (χ1) is 15.0. The van der Waals surface area contributed by atoms with Crippen molar-refractivity contribution in [1.82, 2.24) is 9.97 Å². The molecule has 2 fully saturated rings. The van der Waals surface area contributed by atoms with E-state index in [-0.39, 0.29) is 12.2 Å². The molecule has 1 saturated carbocycles. The summed E-state index contributed by atoms with van der Waals surface area (Å²) >= 11 is 0. The highest BCUT2D eigenvalue weighted by atomic mass is 16.5.